The molecule has 1 aromatic heterocycles. The summed E-state index contributed by atoms with van der Waals surface area (Å²) in [7, 11) is 0. The molecule has 0 N–H and O–H groups in total. The van der Waals surface area contributed by atoms with Crippen molar-refractivity contribution in [2.45, 2.75) is 110 Å². The Balaban J connectivity index is 1.33. The van der Waals surface area contributed by atoms with Gasteiger partial charge in [0.05, 0.1) is 11.3 Å². The van der Waals surface area contributed by atoms with Crippen molar-refractivity contribution in [3.8, 4) is 0 Å². The molecule has 5 aromatic carbocycles. The van der Waals surface area contributed by atoms with Gasteiger partial charge in [0.2, 0.25) is 0 Å². The van der Waals surface area contributed by atoms with E-state index in [1.54, 1.807) is 0 Å². The number of para-hydroxylation sites is 2. The second-order valence-corrected chi connectivity index (χ2v) is 19.1. The van der Waals surface area contributed by atoms with Gasteiger partial charge in [-0.05, 0) is 142 Å². The summed E-state index contributed by atoms with van der Waals surface area (Å²) >= 11 is 0. The van der Waals surface area contributed by atoms with Crippen molar-refractivity contribution in [2.24, 2.45) is 0 Å². The monoisotopic (exact) mass is 694 g/mol. The van der Waals surface area contributed by atoms with Gasteiger partial charge < -0.3 is 14.2 Å². The number of aryl methyl sites for hydroxylation is 1. The van der Waals surface area contributed by atoms with E-state index >= 15 is 0 Å². The van der Waals surface area contributed by atoms with Crippen LogP contribution in [0.5, 0.6) is 0 Å². The number of furan rings is 1. The zero-order valence-corrected chi connectivity index (χ0v) is 32.9. The molecule has 0 unspecified atom stereocenters. The number of rotatable bonds is 2. The molecule has 0 fully saturated rings. The minimum atomic E-state index is -0.0470. The molecular weight excluding hydrogens is 643 g/mol. The standard InChI is InChI=1S/C49H51BN2O/c1-30-15-10-12-17-38(30)52-40-19-14-18-39-43(40)50(45-44(52)32-16-11-13-20-42(32)53-45)37-28-35-36(49(8,9)26-25-48(35,6)7)29-41(37)51(39)31-21-22-33-34(27-31)47(4,5)24-23-46(33,2)3/h10-22,27-29H,23-26H2,1-9H3. The molecule has 6 aromatic rings. The largest absolute Gasteiger partial charge is 0.468 e. The highest BCUT2D eigenvalue weighted by atomic mass is 16.3. The molecule has 0 amide bonds. The normalized spacial score (nSPS) is 19.6. The van der Waals surface area contributed by atoms with E-state index in [1.165, 1.54) is 98.6 Å². The van der Waals surface area contributed by atoms with Crippen LogP contribution in [0.15, 0.2) is 101 Å². The van der Waals surface area contributed by atoms with Crippen LogP contribution in [0.4, 0.5) is 34.1 Å². The van der Waals surface area contributed by atoms with Gasteiger partial charge in [0.25, 0.3) is 6.71 Å². The molecule has 0 saturated carbocycles. The Kier molecular flexibility index (Phi) is 6.65. The van der Waals surface area contributed by atoms with Crippen LogP contribution in [-0.2, 0) is 21.7 Å². The van der Waals surface area contributed by atoms with Crippen molar-refractivity contribution in [3.05, 3.63) is 125 Å². The number of hydrogen-bond acceptors (Lipinski definition) is 3. The summed E-state index contributed by atoms with van der Waals surface area (Å²) in [5, 5.41) is 1.16. The van der Waals surface area contributed by atoms with Gasteiger partial charge in [0.15, 0.2) is 0 Å². The lowest BCUT2D eigenvalue weighted by molar-refractivity contribution is 0.332. The first-order valence-corrected chi connectivity index (χ1v) is 19.8. The lowest BCUT2D eigenvalue weighted by Gasteiger charge is -2.47. The van der Waals surface area contributed by atoms with Crippen LogP contribution in [0.3, 0.4) is 0 Å². The van der Waals surface area contributed by atoms with E-state index < -0.39 is 0 Å². The Labute approximate surface area is 316 Å². The maximum atomic E-state index is 7.13. The molecule has 0 saturated heterocycles. The Bertz CT molecular complexity index is 2510. The molecule has 0 atom stereocenters. The third-order valence-corrected chi connectivity index (χ3v) is 13.9. The Hall–Kier alpha value is -4.70. The van der Waals surface area contributed by atoms with Crippen LogP contribution in [0, 0.1) is 6.92 Å². The van der Waals surface area contributed by atoms with Crippen molar-refractivity contribution < 1.29 is 4.42 Å². The molecule has 266 valence electrons. The predicted molar refractivity (Wildman–Crippen MR) is 226 cm³/mol. The minimum Gasteiger partial charge on any atom is -0.468 e. The number of nitrogens with zero attached hydrogens (tertiary/aromatic N) is 2. The molecule has 53 heavy (non-hydrogen) atoms. The Morgan fingerprint density at radius 3 is 1.79 bits per heavy atom. The van der Waals surface area contributed by atoms with Crippen molar-refractivity contribution in [2.75, 3.05) is 9.80 Å². The van der Waals surface area contributed by atoms with Gasteiger partial charge in [-0.25, -0.2) is 0 Å². The lowest BCUT2D eigenvalue weighted by atomic mass is 9.35. The maximum Gasteiger partial charge on any atom is 0.297 e. The van der Waals surface area contributed by atoms with E-state index in [0.29, 0.717) is 0 Å². The van der Waals surface area contributed by atoms with Crippen LogP contribution in [-0.4, -0.2) is 6.71 Å². The van der Waals surface area contributed by atoms with E-state index in [1.807, 2.05) is 0 Å². The van der Waals surface area contributed by atoms with Crippen LogP contribution in [0.1, 0.15) is 109 Å². The summed E-state index contributed by atoms with van der Waals surface area (Å²) in [5.41, 5.74) is 19.6. The van der Waals surface area contributed by atoms with Crippen LogP contribution < -0.4 is 26.4 Å². The number of hydrogen-bond donors (Lipinski definition) is 0. The van der Waals surface area contributed by atoms with Gasteiger partial charge in [-0.1, -0.05) is 104 Å². The molecule has 3 nitrogen and oxygen atoms in total. The average Bonchev–Trinajstić information content (AvgIpc) is 3.51. The van der Waals surface area contributed by atoms with Crippen molar-refractivity contribution >= 4 is 68.4 Å². The molecule has 3 heterocycles. The summed E-state index contributed by atoms with van der Waals surface area (Å²) in [6.07, 6.45) is 4.75. The first kappa shape index (κ1) is 32.9. The summed E-state index contributed by atoms with van der Waals surface area (Å²) in [4.78, 5) is 5.11. The van der Waals surface area contributed by atoms with Gasteiger partial charge in [-0.3, -0.25) is 0 Å². The highest BCUT2D eigenvalue weighted by Crippen LogP contribution is 2.53. The van der Waals surface area contributed by atoms with Crippen LogP contribution in [0.2, 0.25) is 0 Å². The molecule has 2 aliphatic heterocycles. The van der Waals surface area contributed by atoms with Crippen molar-refractivity contribution in [1.29, 1.82) is 0 Å². The first-order chi connectivity index (χ1) is 25.2. The SMILES string of the molecule is Cc1ccccc1N1c2cccc3c2B(c2cc4c(cc2N3c2ccc3c(c2)C(C)(C)CCC3(C)C)C(C)(C)CCC4(C)C)c2oc3ccccc3c21. The molecule has 2 aliphatic carbocycles. The molecule has 10 rings (SSSR count). The second kappa shape index (κ2) is 10.7. The molecule has 0 spiro atoms. The van der Waals surface area contributed by atoms with Gasteiger partial charge in [0, 0.05) is 33.8 Å². The van der Waals surface area contributed by atoms with Crippen LogP contribution >= 0.6 is 0 Å². The molecule has 4 heteroatoms. The highest BCUT2D eigenvalue weighted by molar-refractivity contribution is 7.00. The number of fused-ring (bicyclic) bond motifs is 8. The number of benzene rings is 5. The van der Waals surface area contributed by atoms with Gasteiger partial charge in [-0.15, -0.1) is 0 Å². The average molecular weight is 695 g/mol. The van der Waals surface area contributed by atoms with E-state index in [0.717, 1.165) is 16.6 Å². The first-order valence-electron chi connectivity index (χ1n) is 19.8. The smallest absolute Gasteiger partial charge is 0.297 e. The van der Waals surface area contributed by atoms with E-state index in [9.17, 15) is 0 Å². The summed E-state index contributed by atoms with van der Waals surface area (Å²) in [5.74, 6) is 0. The zero-order valence-electron chi connectivity index (χ0n) is 32.9. The molecule has 0 bridgehead atoms. The van der Waals surface area contributed by atoms with Crippen molar-refractivity contribution in [1.82, 2.24) is 0 Å². The van der Waals surface area contributed by atoms with E-state index in [2.05, 4.69) is 169 Å². The Morgan fingerprint density at radius 2 is 1.09 bits per heavy atom. The van der Waals surface area contributed by atoms with E-state index in [-0.39, 0.29) is 28.4 Å². The van der Waals surface area contributed by atoms with Crippen molar-refractivity contribution in [3.63, 3.8) is 0 Å². The summed E-state index contributed by atoms with van der Waals surface area (Å²) in [6, 6.07) is 37.0. The third-order valence-electron chi connectivity index (χ3n) is 13.9. The highest BCUT2D eigenvalue weighted by Gasteiger charge is 2.49. The zero-order chi connectivity index (χ0) is 36.8. The molecule has 0 radical (unpaired) electrons. The fourth-order valence-electron chi connectivity index (χ4n) is 10.5. The van der Waals surface area contributed by atoms with Gasteiger partial charge >= 0.3 is 0 Å². The molecular formula is C49H51BN2O. The Morgan fingerprint density at radius 1 is 0.528 bits per heavy atom. The van der Waals surface area contributed by atoms with Crippen LogP contribution in [0.25, 0.3) is 11.0 Å². The van der Waals surface area contributed by atoms with E-state index in [4.69, 9.17) is 4.42 Å². The quantitative estimate of drug-likeness (QED) is 0.168. The maximum absolute atomic E-state index is 7.13. The van der Waals surface area contributed by atoms with Gasteiger partial charge in [-0.2, -0.15) is 0 Å². The third kappa shape index (κ3) is 4.54. The summed E-state index contributed by atoms with van der Waals surface area (Å²) in [6.45, 7) is 21.7. The molecule has 4 aliphatic rings. The summed E-state index contributed by atoms with van der Waals surface area (Å²) < 4.78 is 7.13. The van der Waals surface area contributed by atoms with Gasteiger partial charge in [0.1, 0.15) is 5.58 Å². The predicted octanol–water partition coefficient (Wildman–Crippen LogP) is 11.5. The fraction of sp³-hybridized carbons (Fsp3) is 0.347. The minimum absolute atomic E-state index is 0.0470. The lowest BCUT2D eigenvalue weighted by Crippen LogP contribution is -2.61. The fourth-order valence-corrected chi connectivity index (χ4v) is 10.5. The second-order valence-electron chi connectivity index (χ2n) is 19.1. The number of anilines is 6. The topological polar surface area (TPSA) is 19.6 Å².